The number of aliphatic carboxylic acids is 1. The average molecular weight is 259 g/mol. The summed E-state index contributed by atoms with van der Waals surface area (Å²) in [6.45, 7) is 2.42. The highest BCUT2D eigenvalue weighted by Gasteiger charge is 2.39. The highest BCUT2D eigenvalue weighted by atomic mass is 16.4. The van der Waals surface area contributed by atoms with E-state index in [9.17, 15) is 4.79 Å². The minimum Gasteiger partial charge on any atom is -0.481 e. The fraction of sp³-hybridized carbons (Fsp3) is 0.500. The van der Waals surface area contributed by atoms with E-state index in [1.54, 1.807) is 12.3 Å². The first-order valence-corrected chi connectivity index (χ1v) is 6.38. The first kappa shape index (κ1) is 13.3. The van der Waals surface area contributed by atoms with Crippen molar-refractivity contribution in [2.75, 3.05) is 11.9 Å². The standard InChI is InChI=1S/C14H17N3O2/c1-10-3-6-16-13(11(10)8-15)17-9-14(4-2-5-14)7-12(18)19/h3,6H,2,4-5,7,9H2,1H3,(H,16,17)(H,18,19). The number of carboxylic acids is 1. The Labute approximate surface area is 112 Å². The molecule has 0 saturated heterocycles. The van der Waals surface area contributed by atoms with Crippen LogP contribution < -0.4 is 5.32 Å². The van der Waals surface area contributed by atoms with E-state index >= 15 is 0 Å². The molecule has 1 aromatic rings. The second-order valence-electron chi connectivity index (χ2n) is 5.24. The smallest absolute Gasteiger partial charge is 0.303 e. The number of carbonyl (C=O) groups is 1. The molecule has 19 heavy (non-hydrogen) atoms. The van der Waals surface area contributed by atoms with E-state index in [0.29, 0.717) is 17.9 Å². The number of aromatic nitrogens is 1. The summed E-state index contributed by atoms with van der Waals surface area (Å²) in [4.78, 5) is 15.1. The summed E-state index contributed by atoms with van der Waals surface area (Å²) in [6.07, 6.45) is 4.73. The third kappa shape index (κ3) is 2.84. The first-order valence-electron chi connectivity index (χ1n) is 6.38. The molecule has 0 unspecified atom stereocenters. The van der Waals surface area contributed by atoms with E-state index in [-0.39, 0.29) is 11.8 Å². The molecule has 2 N–H and O–H groups in total. The fourth-order valence-corrected chi connectivity index (χ4v) is 2.52. The van der Waals surface area contributed by atoms with Crippen molar-refractivity contribution in [3.63, 3.8) is 0 Å². The van der Waals surface area contributed by atoms with Crippen molar-refractivity contribution in [1.29, 1.82) is 5.26 Å². The van der Waals surface area contributed by atoms with E-state index in [4.69, 9.17) is 10.4 Å². The molecule has 1 aromatic heterocycles. The van der Waals surface area contributed by atoms with Crippen LogP contribution in [0.25, 0.3) is 0 Å². The molecule has 1 saturated carbocycles. The number of nitrogens with zero attached hydrogens (tertiary/aromatic N) is 2. The van der Waals surface area contributed by atoms with Crippen LogP contribution in [0, 0.1) is 23.7 Å². The molecular weight excluding hydrogens is 242 g/mol. The van der Waals surface area contributed by atoms with E-state index in [2.05, 4.69) is 16.4 Å². The molecule has 100 valence electrons. The van der Waals surface area contributed by atoms with Gasteiger partial charge in [-0.15, -0.1) is 0 Å². The summed E-state index contributed by atoms with van der Waals surface area (Å²) < 4.78 is 0. The predicted molar refractivity (Wildman–Crippen MR) is 70.7 cm³/mol. The lowest BCUT2D eigenvalue weighted by Gasteiger charge is -2.41. The van der Waals surface area contributed by atoms with Gasteiger partial charge in [0.25, 0.3) is 0 Å². The van der Waals surface area contributed by atoms with Crippen molar-refractivity contribution in [2.24, 2.45) is 5.41 Å². The van der Waals surface area contributed by atoms with E-state index < -0.39 is 5.97 Å². The molecule has 0 aliphatic heterocycles. The van der Waals surface area contributed by atoms with Crippen LogP contribution in [0.2, 0.25) is 0 Å². The second-order valence-corrected chi connectivity index (χ2v) is 5.24. The topological polar surface area (TPSA) is 86.0 Å². The zero-order valence-electron chi connectivity index (χ0n) is 10.9. The maximum absolute atomic E-state index is 10.9. The molecule has 1 aliphatic rings. The number of pyridine rings is 1. The molecule has 5 heteroatoms. The van der Waals surface area contributed by atoms with Gasteiger partial charge in [0.2, 0.25) is 0 Å². The maximum Gasteiger partial charge on any atom is 0.303 e. The summed E-state index contributed by atoms with van der Waals surface area (Å²) >= 11 is 0. The molecule has 0 aromatic carbocycles. The number of nitrogens with one attached hydrogen (secondary N) is 1. The SMILES string of the molecule is Cc1ccnc(NCC2(CC(=O)O)CCC2)c1C#N. The molecule has 1 fully saturated rings. The first-order chi connectivity index (χ1) is 9.06. The van der Waals surface area contributed by atoms with Gasteiger partial charge in [-0.2, -0.15) is 5.26 Å². The Hall–Kier alpha value is -2.09. The average Bonchev–Trinajstić information content (AvgIpc) is 2.32. The molecule has 0 radical (unpaired) electrons. The van der Waals surface area contributed by atoms with Crippen molar-refractivity contribution in [3.8, 4) is 6.07 Å². The number of rotatable bonds is 5. The van der Waals surface area contributed by atoms with Crippen LogP contribution in [0.1, 0.15) is 36.8 Å². The highest BCUT2D eigenvalue weighted by molar-refractivity contribution is 5.68. The van der Waals surface area contributed by atoms with Gasteiger partial charge in [0.1, 0.15) is 11.9 Å². The van der Waals surface area contributed by atoms with Crippen LogP contribution in [0.4, 0.5) is 5.82 Å². The Morgan fingerprint density at radius 2 is 2.37 bits per heavy atom. The summed E-state index contributed by atoms with van der Waals surface area (Å²) in [5, 5.41) is 21.2. The van der Waals surface area contributed by atoms with Crippen LogP contribution in [-0.2, 0) is 4.79 Å². The van der Waals surface area contributed by atoms with Crippen LogP contribution in [-0.4, -0.2) is 22.6 Å². The van der Waals surface area contributed by atoms with Crippen molar-refractivity contribution in [3.05, 3.63) is 23.4 Å². The monoisotopic (exact) mass is 259 g/mol. The molecule has 0 atom stereocenters. The minimum absolute atomic E-state index is 0.174. The van der Waals surface area contributed by atoms with Gasteiger partial charge in [0, 0.05) is 12.7 Å². The fourth-order valence-electron chi connectivity index (χ4n) is 2.52. The zero-order chi connectivity index (χ0) is 13.9. The quantitative estimate of drug-likeness (QED) is 0.847. The lowest BCUT2D eigenvalue weighted by molar-refractivity contribution is -0.141. The van der Waals surface area contributed by atoms with Crippen molar-refractivity contribution < 1.29 is 9.90 Å². The van der Waals surface area contributed by atoms with Gasteiger partial charge in [-0.1, -0.05) is 6.42 Å². The molecule has 0 spiro atoms. The largest absolute Gasteiger partial charge is 0.481 e. The summed E-state index contributed by atoms with van der Waals surface area (Å²) in [6, 6.07) is 3.93. The Morgan fingerprint density at radius 3 is 2.89 bits per heavy atom. The highest BCUT2D eigenvalue weighted by Crippen LogP contribution is 2.44. The van der Waals surface area contributed by atoms with Crippen LogP contribution >= 0.6 is 0 Å². The Kier molecular flexibility index (Phi) is 3.70. The zero-order valence-corrected chi connectivity index (χ0v) is 10.9. The number of anilines is 1. The normalized spacial score (nSPS) is 16.2. The lowest BCUT2D eigenvalue weighted by Crippen LogP contribution is -2.38. The van der Waals surface area contributed by atoms with Gasteiger partial charge in [-0.3, -0.25) is 4.79 Å². The Bertz CT molecular complexity index is 530. The Balaban J connectivity index is 2.08. The second kappa shape index (κ2) is 5.27. The maximum atomic E-state index is 10.9. The number of carboxylic acid groups (broad SMARTS) is 1. The van der Waals surface area contributed by atoms with Crippen molar-refractivity contribution in [1.82, 2.24) is 4.98 Å². The molecule has 0 bridgehead atoms. The van der Waals surface area contributed by atoms with E-state index in [1.165, 1.54) is 0 Å². The van der Waals surface area contributed by atoms with Gasteiger partial charge in [0.15, 0.2) is 0 Å². The third-order valence-corrected chi connectivity index (χ3v) is 3.84. The lowest BCUT2D eigenvalue weighted by atomic mass is 9.66. The van der Waals surface area contributed by atoms with Gasteiger partial charge < -0.3 is 10.4 Å². The molecule has 2 rings (SSSR count). The van der Waals surface area contributed by atoms with Gasteiger partial charge in [-0.25, -0.2) is 4.98 Å². The molecular formula is C14H17N3O2. The number of aryl methyl sites for hydroxylation is 1. The van der Waals surface area contributed by atoms with E-state index in [1.807, 2.05) is 6.92 Å². The van der Waals surface area contributed by atoms with Gasteiger partial charge >= 0.3 is 5.97 Å². The summed E-state index contributed by atoms with van der Waals surface area (Å²) in [5.41, 5.74) is 1.23. The Morgan fingerprint density at radius 1 is 1.63 bits per heavy atom. The minimum atomic E-state index is -0.765. The number of nitriles is 1. The molecule has 1 heterocycles. The van der Waals surface area contributed by atoms with Crippen molar-refractivity contribution >= 4 is 11.8 Å². The predicted octanol–water partition coefficient (Wildman–Crippen LogP) is 2.32. The third-order valence-electron chi connectivity index (χ3n) is 3.84. The molecule has 1 aliphatic carbocycles. The molecule has 5 nitrogen and oxygen atoms in total. The van der Waals surface area contributed by atoms with Crippen LogP contribution in [0.3, 0.4) is 0 Å². The van der Waals surface area contributed by atoms with Gasteiger partial charge in [0.05, 0.1) is 12.0 Å². The number of hydrogen-bond donors (Lipinski definition) is 2. The van der Waals surface area contributed by atoms with Crippen LogP contribution in [0.15, 0.2) is 12.3 Å². The van der Waals surface area contributed by atoms with Gasteiger partial charge in [-0.05, 0) is 36.8 Å². The molecule has 0 amide bonds. The number of hydrogen-bond acceptors (Lipinski definition) is 4. The van der Waals surface area contributed by atoms with Crippen LogP contribution in [0.5, 0.6) is 0 Å². The summed E-state index contributed by atoms with van der Waals surface area (Å²) in [5.74, 6) is -0.210. The van der Waals surface area contributed by atoms with Crippen molar-refractivity contribution in [2.45, 2.75) is 32.6 Å². The summed E-state index contributed by atoms with van der Waals surface area (Å²) in [7, 11) is 0. The van der Waals surface area contributed by atoms with E-state index in [0.717, 1.165) is 24.8 Å².